The molecule has 2 aromatic rings. The van der Waals surface area contributed by atoms with Gasteiger partial charge in [-0.3, -0.25) is 4.79 Å². The van der Waals surface area contributed by atoms with E-state index in [4.69, 9.17) is 16.0 Å². The molecule has 4 rings (SSSR count). The summed E-state index contributed by atoms with van der Waals surface area (Å²) < 4.78 is 5.70. The average molecular weight is 355 g/mol. The molecule has 0 unspecified atom stereocenters. The molecule has 0 saturated carbocycles. The number of hydrogen-bond acceptors (Lipinski definition) is 5. The number of fused-ring (bicyclic) bond motifs is 2. The van der Waals surface area contributed by atoms with E-state index in [1.807, 2.05) is 0 Å². The molecule has 1 aliphatic heterocycles. The largest absolute Gasteiger partial charge is 0.504 e. The van der Waals surface area contributed by atoms with Gasteiger partial charge >= 0.3 is 0 Å². The number of halogens is 1. The second-order valence-electron chi connectivity index (χ2n) is 5.64. The van der Waals surface area contributed by atoms with Crippen LogP contribution in [0.4, 0.5) is 0 Å². The molecule has 3 N–H and O–H groups in total. The number of benzene rings is 3. The number of aromatic hydroxyl groups is 3. The maximum atomic E-state index is 11.8. The van der Waals surface area contributed by atoms with E-state index in [2.05, 4.69) is 0 Å². The first-order chi connectivity index (χ1) is 11.9. The molecule has 0 bridgehead atoms. The van der Waals surface area contributed by atoms with E-state index < -0.39 is 11.2 Å². The zero-order chi connectivity index (χ0) is 17.7. The molecular formula is C19H11ClO5. The fourth-order valence-corrected chi connectivity index (χ4v) is 2.98. The highest BCUT2D eigenvalue weighted by Gasteiger charge is 2.20. The van der Waals surface area contributed by atoms with Gasteiger partial charge in [-0.25, -0.2) is 0 Å². The monoisotopic (exact) mass is 354 g/mol. The van der Waals surface area contributed by atoms with Crippen LogP contribution in [0.3, 0.4) is 0 Å². The van der Waals surface area contributed by atoms with Crippen molar-refractivity contribution in [1.82, 2.24) is 0 Å². The van der Waals surface area contributed by atoms with Gasteiger partial charge in [0.15, 0.2) is 17.2 Å². The Bertz CT molecular complexity index is 1150. The molecule has 6 heteroatoms. The van der Waals surface area contributed by atoms with Crippen LogP contribution < -0.4 is 5.43 Å². The Hall–Kier alpha value is -3.18. The maximum Gasteiger partial charge on any atom is 0.223 e. The summed E-state index contributed by atoms with van der Waals surface area (Å²) in [5, 5.41) is 30.6. The molecule has 1 aliphatic carbocycles. The summed E-state index contributed by atoms with van der Waals surface area (Å²) in [5.74, 6) is -0.786. The summed E-state index contributed by atoms with van der Waals surface area (Å²) >= 11 is 5.95. The van der Waals surface area contributed by atoms with Crippen molar-refractivity contribution in [3.63, 3.8) is 0 Å². The molecule has 0 saturated heterocycles. The molecule has 0 aromatic heterocycles. The van der Waals surface area contributed by atoms with Gasteiger partial charge in [0.25, 0.3) is 0 Å². The zero-order valence-corrected chi connectivity index (χ0v) is 13.4. The van der Waals surface area contributed by atoms with Gasteiger partial charge in [0.1, 0.15) is 11.3 Å². The van der Waals surface area contributed by atoms with E-state index in [0.717, 1.165) is 5.56 Å². The minimum Gasteiger partial charge on any atom is -0.504 e. The van der Waals surface area contributed by atoms with Crippen molar-refractivity contribution in [2.24, 2.45) is 0 Å². The minimum atomic E-state index is -0.569. The Labute approximate surface area is 146 Å². The van der Waals surface area contributed by atoms with Crippen molar-refractivity contribution < 1.29 is 19.7 Å². The predicted molar refractivity (Wildman–Crippen MR) is 94.5 cm³/mol. The van der Waals surface area contributed by atoms with Crippen LogP contribution >= 0.6 is 11.6 Å². The Morgan fingerprint density at radius 2 is 1.52 bits per heavy atom. The van der Waals surface area contributed by atoms with E-state index in [-0.39, 0.29) is 22.8 Å². The molecular weight excluding hydrogens is 344 g/mol. The topological polar surface area (TPSA) is 90.9 Å². The fourth-order valence-electron chi connectivity index (χ4n) is 2.86. The van der Waals surface area contributed by atoms with Crippen LogP contribution in [0.1, 0.15) is 0 Å². The molecule has 2 aliphatic rings. The Morgan fingerprint density at radius 1 is 0.840 bits per heavy atom. The summed E-state index contributed by atoms with van der Waals surface area (Å²) in [5.41, 5.74) is 1.60. The van der Waals surface area contributed by atoms with Gasteiger partial charge in [-0.1, -0.05) is 23.7 Å². The molecule has 1 heterocycles. The van der Waals surface area contributed by atoms with Crippen molar-refractivity contribution in [3.05, 3.63) is 63.8 Å². The number of hydrogen-bond donors (Lipinski definition) is 3. The summed E-state index contributed by atoms with van der Waals surface area (Å²) in [4.78, 5) is 11.8. The van der Waals surface area contributed by atoms with Crippen LogP contribution in [-0.4, -0.2) is 15.3 Å². The fraction of sp³-hybridized carbons (Fsp3) is 0. The van der Waals surface area contributed by atoms with Crippen molar-refractivity contribution >= 4 is 22.6 Å². The Balaban J connectivity index is 2.22. The Kier molecular flexibility index (Phi) is 3.33. The van der Waals surface area contributed by atoms with Gasteiger partial charge in [0.05, 0.1) is 0 Å². The predicted octanol–water partition coefficient (Wildman–Crippen LogP) is 4.34. The molecule has 0 spiro atoms. The summed E-state index contributed by atoms with van der Waals surface area (Å²) in [6.07, 6.45) is 0. The summed E-state index contributed by atoms with van der Waals surface area (Å²) in [6, 6.07) is 12.1. The van der Waals surface area contributed by atoms with Crippen LogP contribution in [0, 0.1) is 0 Å². The first kappa shape index (κ1) is 15.4. The van der Waals surface area contributed by atoms with Crippen molar-refractivity contribution in [3.8, 4) is 39.7 Å². The third kappa shape index (κ3) is 2.45. The average Bonchev–Trinajstić information content (AvgIpc) is 2.57. The van der Waals surface area contributed by atoms with Gasteiger partial charge < -0.3 is 19.7 Å². The lowest BCUT2D eigenvalue weighted by atomic mass is 9.93. The molecule has 5 nitrogen and oxygen atoms in total. The first-order valence-corrected chi connectivity index (χ1v) is 7.73. The molecule has 0 atom stereocenters. The second kappa shape index (κ2) is 5.43. The Morgan fingerprint density at radius 3 is 2.24 bits per heavy atom. The molecule has 0 radical (unpaired) electrons. The van der Waals surface area contributed by atoms with Crippen molar-refractivity contribution in [1.29, 1.82) is 0 Å². The zero-order valence-electron chi connectivity index (χ0n) is 12.7. The van der Waals surface area contributed by atoms with E-state index in [1.54, 1.807) is 24.3 Å². The highest BCUT2D eigenvalue weighted by atomic mass is 35.5. The quantitative estimate of drug-likeness (QED) is 0.349. The third-order valence-electron chi connectivity index (χ3n) is 4.03. The lowest BCUT2D eigenvalue weighted by molar-refractivity contribution is 0.404. The lowest BCUT2D eigenvalue weighted by Gasteiger charge is -2.16. The first-order valence-electron chi connectivity index (χ1n) is 7.35. The number of phenolic OH excluding ortho intramolecular Hbond substituents is 3. The van der Waals surface area contributed by atoms with E-state index in [1.165, 1.54) is 24.3 Å². The number of phenols is 3. The standard InChI is InChI=1S/C19H11ClO5/c20-10-3-1-9(2-4-10)19-11-5-13(21)15(23)7-17(11)25-18-8-16(24)14(22)6-12(18)19/h1-8,21-23H. The maximum absolute atomic E-state index is 11.8. The van der Waals surface area contributed by atoms with Crippen LogP contribution in [-0.2, 0) is 0 Å². The normalized spacial score (nSPS) is 11.2. The SMILES string of the molecule is O=c1cc2oc3cc(O)c(O)cc3c(-c3ccc(Cl)cc3)c-2cc1O. The van der Waals surface area contributed by atoms with Gasteiger partial charge in [0, 0.05) is 33.7 Å². The molecule has 25 heavy (non-hydrogen) atoms. The third-order valence-corrected chi connectivity index (χ3v) is 4.28. The highest BCUT2D eigenvalue weighted by molar-refractivity contribution is 6.30. The van der Waals surface area contributed by atoms with Crippen molar-refractivity contribution in [2.45, 2.75) is 0 Å². The minimum absolute atomic E-state index is 0.255. The highest BCUT2D eigenvalue weighted by Crippen LogP contribution is 2.43. The molecule has 0 amide bonds. The van der Waals surface area contributed by atoms with E-state index in [0.29, 0.717) is 21.5 Å². The van der Waals surface area contributed by atoms with Gasteiger partial charge in [-0.2, -0.15) is 0 Å². The molecule has 124 valence electrons. The van der Waals surface area contributed by atoms with E-state index >= 15 is 0 Å². The van der Waals surface area contributed by atoms with Crippen LogP contribution in [0.2, 0.25) is 5.02 Å². The van der Waals surface area contributed by atoms with Gasteiger partial charge in [-0.15, -0.1) is 0 Å². The molecule has 0 fully saturated rings. The second-order valence-corrected chi connectivity index (χ2v) is 6.07. The molecule has 2 aromatic carbocycles. The smallest absolute Gasteiger partial charge is 0.223 e. The summed E-state index contributed by atoms with van der Waals surface area (Å²) in [7, 11) is 0. The van der Waals surface area contributed by atoms with Crippen LogP contribution in [0.5, 0.6) is 17.2 Å². The number of rotatable bonds is 1. The van der Waals surface area contributed by atoms with Crippen LogP contribution in [0.25, 0.3) is 33.4 Å². The van der Waals surface area contributed by atoms with Crippen LogP contribution in [0.15, 0.2) is 57.7 Å². The van der Waals surface area contributed by atoms with Crippen molar-refractivity contribution in [2.75, 3.05) is 0 Å². The van der Waals surface area contributed by atoms with E-state index in [9.17, 15) is 20.1 Å². The lowest BCUT2D eigenvalue weighted by Crippen LogP contribution is -2.01. The van der Waals surface area contributed by atoms with Gasteiger partial charge in [0.2, 0.25) is 5.43 Å². The van der Waals surface area contributed by atoms with Gasteiger partial charge in [-0.05, 0) is 29.8 Å². The summed E-state index contributed by atoms with van der Waals surface area (Å²) in [6.45, 7) is 0.